The highest BCUT2D eigenvalue weighted by Gasteiger charge is 2.13. The summed E-state index contributed by atoms with van der Waals surface area (Å²) >= 11 is 0. The average Bonchev–Trinajstić information content (AvgIpc) is 2.77. The maximum Gasteiger partial charge on any atom is 0.0409 e. The van der Waals surface area contributed by atoms with Gasteiger partial charge in [0.05, 0.1) is 0 Å². The Labute approximate surface area is 183 Å². The fourth-order valence-electron chi connectivity index (χ4n) is 4.17. The first-order valence-corrected chi connectivity index (χ1v) is 11.3. The molecular formula is C29H35N. The predicted octanol–water partition coefficient (Wildman–Crippen LogP) is 8.05. The number of benzene rings is 1. The van der Waals surface area contributed by atoms with E-state index in [4.69, 9.17) is 0 Å². The minimum atomic E-state index is 0.978. The normalized spacial score (nSPS) is 20.2. The minimum absolute atomic E-state index is 0.978. The van der Waals surface area contributed by atoms with E-state index in [-0.39, 0.29) is 0 Å². The molecule has 0 spiro atoms. The number of fused-ring (bicyclic) bond motifs is 1. The fourth-order valence-corrected chi connectivity index (χ4v) is 4.17. The van der Waals surface area contributed by atoms with Gasteiger partial charge in [0, 0.05) is 18.1 Å². The predicted molar refractivity (Wildman–Crippen MR) is 132 cm³/mol. The van der Waals surface area contributed by atoms with Crippen LogP contribution in [0.2, 0.25) is 0 Å². The SMILES string of the molecule is C=C(CC)/C(=C\C(=C/C)N1C=CC(=C)/C(c2ccc3c(c2)CCCC3)=C\C=C/1)CC. The third-order valence-corrected chi connectivity index (χ3v) is 6.13. The zero-order chi connectivity index (χ0) is 21.5. The van der Waals surface area contributed by atoms with Crippen molar-refractivity contribution in [3.63, 3.8) is 0 Å². The van der Waals surface area contributed by atoms with E-state index in [0.29, 0.717) is 0 Å². The largest absolute Gasteiger partial charge is 0.324 e. The lowest BCUT2D eigenvalue weighted by molar-refractivity contribution is 0.646. The second-order valence-electron chi connectivity index (χ2n) is 8.05. The topological polar surface area (TPSA) is 3.24 Å². The van der Waals surface area contributed by atoms with Gasteiger partial charge >= 0.3 is 0 Å². The van der Waals surface area contributed by atoms with Crippen LogP contribution in [0.5, 0.6) is 0 Å². The molecule has 0 atom stereocenters. The summed E-state index contributed by atoms with van der Waals surface area (Å²) < 4.78 is 0. The first-order chi connectivity index (χ1) is 14.6. The van der Waals surface area contributed by atoms with Crippen LogP contribution < -0.4 is 0 Å². The Bertz CT molecular complexity index is 962. The quantitative estimate of drug-likeness (QED) is 0.439. The van der Waals surface area contributed by atoms with E-state index in [0.717, 1.165) is 24.1 Å². The molecule has 0 radical (unpaired) electrons. The third-order valence-electron chi connectivity index (χ3n) is 6.13. The minimum Gasteiger partial charge on any atom is -0.324 e. The van der Waals surface area contributed by atoms with Crippen LogP contribution in [0.4, 0.5) is 0 Å². The molecule has 0 fully saturated rings. The zero-order valence-electron chi connectivity index (χ0n) is 18.9. The van der Waals surface area contributed by atoms with E-state index < -0.39 is 0 Å². The van der Waals surface area contributed by atoms with Crippen molar-refractivity contribution in [2.75, 3.05) is 0 Å². The number of rotatable bonds is 6. The lowest BCUT2D eigenvalue weighted by Crippen LogP contribution is -2.09. The summed E-state index contributed by atoms with van der Waals surface area (Å²) in [6.45, 7) is 15.0. The molecule has 1 aliphatic carbocycles. The average molecular weight is 398 g/mol. The van der Waals surface area contributed by atoms with Gasteiger partial charge in [-0.2, -0.15) is 0 Å². The molecule has 0 saturated heterocycles. The highest BCUT2D eigenvalue weighted by molar-refractivity contribution is 5.82. The molecule has 3 rings (SSSR count). The van der Waals surface area contributed by atoms with E-state index in [2.05, 4.69) is 99.8 Å². The number of aryl methyl sites for hydroxylation is 2. The Balaban J connectivity index is 1.88. The Hall–Kier alpha value is -2.80. The third kappa shape index (κ3) is 5.02. The van der Waals surface area contributed by atoms with Crippen LogP contribution in [0.15, 0.2) is 96.6 Å². The smallest absolute Gasteiger partial charge is 0.0409 e. The van der Waals surface area contributed by atoms with Crippen LogP contribution in [0.25, 0.3) is 5.57 Å². The number of hydrogen-bond acceptors (Lipinski definition) is 1. The summed E-state index contributed by atoms with van der Waals surface area (Å²) in [5.41, 5.74) is 10.2. The summed E-state index contributed by atoms with van der Waals surface area (Å²) in [6.07, 6.45) is 22.0. The molecule has 1 heterocycles. The van der Waals surface area contributed by atoms with Crippen molar-refractivity contribution in [2.24, 2.45) is 0 Å². The maximum atomic E-state index is 4.36. The second-order valence-corrected chi connectivity index (χ2v) is 8.05. The Morgan fingerprint density at radius 3 is 2.53 bits per heavy atom. The number of allylic oxidation sites excluding steroid dienone is 9. The molecule has 30 heavy (non-hydrogen) atoms. The lowest BCUT2D eigenvalue weighted by Gasteiger charge is -2.21. The molecule has 156 valence electrons. The van der Waals surface area contributed by atoms with Gasteiger partial charge in [-0.3, -0.25) is 0 Å². The summed E-state index contributed by atoms with van der Waals surface area (Å²) in [4.78, 5) is 2.16. The maximum absolute atomic E-state index is 4.36. The van der Waals surface area contributed by atoms with Crippen LogP contribution >= 0.6 is 0 Å². The van der Waals surface area contributed by atoms with Gasteiger partial charge in [0.15, 0.2) is 0 Å². The lowest BCUT2D eigenvalue weighted by atomic mass is 9.87. The van der Waals surface area contributed by atoms with Crippen molar-refractivity contribution in [1.82, 2.24) is 4.90 Å². The summed E-state index contributed by atoms with van der Waals surface area (Å²) in [7, 11) is 0. The van der Waals surface area contributed by atoms with Gasteiger partial charge in [0.1, 0.15) is 0 Å². The summed E-state index contributed by atoms with van der Waals surface area (Å²) in [5, 5.41) is 0. The van der Waals surface area contributed by atoms with Gasteiger partial charge < -0.3 is 4.90 Å². The van der Waals surface area contributed by atoms with E-state index in [9.17, 15) is 0 Å². The van der Waals surface area contributed by atoms with Crippen LogP contribution in [0.1, 0.15) is 63.1 Å². The van der Waals surface area contributed by atoms with Crippen molar-refractivity contribution in [1.29, 1.82) is 0 Å². The zero-order valence-corrected chi connectivity index (χ0v) is 18.9. The van der Waals surface area contributed by atoms with Crippen LogP contribution in [-0.2, 0) is 12.8 Å². The summed E-state index contributed by atoms with van der Waals surface area (Å²) in [6, 6.07) is 6.94. The van der Waals surface area contributed by atoms with Gasteiger partial charge in [0.25, 0.3) is 0 Å². The molecular weight excluding hydrogens is 362 g/mol. The van der Waals surface area contributed by atoms with Gasteiger partial charge in [-0.25, -0.2) is 0 Å². The van der Waals surface area contributed by atoms with Crippen LogP contribution in [0.3, 0.4) is 0 Å². The standard InChI is InChI=1S/C29H35N/c1-6-22(4)24(7-2)21-28(8-3)30-18-11-14-29(23(5)17-19-30)27-16-15-25-12-9-10-13-26(25)20-27/h8,11,14-21H,4-7,9-10,12-13H2,1-3H3/b18-11-,19-17?,24-21-,28-8+,29-14+. The van der Waals surface area contributed by atoms with E-state index in [1.807, 2.05) is 0 Å². The van der Waals surface area contributed by atoms with Crippen molar-refractivity contribution < 1.29 is 0 Å². The number of nitrogens with zero attached hydrogens (tertiary/aromatic N) is 1. The van der Waals surface area contributed by atoms with Crippen molar-refractivity contribution in [2.45, 2.75) is 59.3 Å². The molecule has 2 aliphatic rings. The Morgan fingerprint density at radius 1 is 1.07 bits per heavy atom. The molecule has 1 aromatic rings. The van der Waals surface area contributed by atoms with Crippen LogP contribution in [0, 0.1) is 0 Å². The van der Waals surface area contributed by atoms with Crippen molar-refractivity contribution in [3.05, 3.63) is 113 Å². The molecule has 1 aromatic carbocycles. The first-order valence-electron chi connectivity index (χ1n) is 11.3. The highest BCUT2D eigenvalue weighted by Crippen LogP contribution is 2.30. The van der Waals surface area contributed by atoms with E-state index in [1.54, 1.807) is 0 Å². The van der Waals surface area contributed by atoms with Crippen LogP contribution in [-0.4, -0.2) is 4.90 Å². The van der Waals surface area contributed by atoms with Gasteiger partial charge in [0.2, 0.25) is 0 Å². The van der Waals surface area contributed by atoms with Crippen molar-refractivity contribution >= 4 is 5.57 Å². The molecule has 0 amide bonds. The first kappa shape index (κ1) is 21.9. The molecule has 1 nitrogen and oxygen atoms in total. The Morgan fingerprint density at radius 2 is 1.83 bits per heavy atom. The molecule has 1 aliphatic heterocycles. The molecule has 0 aromatic heterocycles. The molecule has 0 bridgehead atoms. The van der Waals surface area contributed by atoms with Gasteiger partial charge in [-0.15, -0.1) is 0 Å². The molecule has 0 N–H and O–H groups in total. The van der Waals surface area contributed by atoms with Gasteiger partial charge in [-0.05, 0) is 97.1 Å². The molecule has 0 unspecified atom stereocenters. The highest BCUT2D eigenvalue weighted by atomic mass is 15.1. The van der Waals surface area contributed by atoms with E-state index >= 15 is 0 Å². The van der Waals surface area contributed by atoms with E-state index in [1.165, 1.54) is 59.1 Å². The second kappa shape index (κ2) is 10.3. The van der Waals surface area contributed by atoms with Crippen molar-refractivity contribution in [3.8, 4) is 0 Å². The molecule has 1 heteroatoms. The summed E-state index contributed by atoms with van der Waals surface area (Å²) in [5.74, 6) is 0. The Kier molecular flexibility index (Phi) is 7.52. The monoisotopic (exact) mass is 397 g/mol. The molecule has 0 saturated carbocycles. The van der Waals surface area contributed by atoms with Gasteiger partial charge in [-0.1, -0.05) is 62.9 Å². The fraction of sp³-hybridized carbons (Fsp3) is 0.310. The number of hydrogen-bond donors (Lipinski definition) is 0.